The number of nitrogens with two attached hydrogens (primary N) is 2. The molecular weight excluding hydrogens is 644 g/mol. The first-order chi connectivity index (χ1) is 20.2. The first kappa shape index (κ1) is 31.9. The van der Waals surface area contributed by atoms with Crippen molar-refractivity contribution in [2.45, 2.75) is 49.0 Å². The Balaban J connectivity index is 1.15. The monoisotopic (exact) mass is 669 g/mol. The molecule has 236 valence electrons. The number of hydrogen-bond acceptors (Lipinski definition) is 18. The minimum absolute atomic E-state index is 0.0500. The molecule has 24 heteroatoms. The lowest BCUT2D eigenvalue weighted by Gasteiger charge is -2.20. The molecule has 2 saturated heterocycles. The highest BCUT2D eigenvalue weighted by Gasteiger charge is 2.48. The molecular formula is C19H25N7O14P2S. The van der Waals surface area contributed by atoms with Gasteiger partial charge in [-0.15, -0.1) is 11.3 Å². The average Bonchev–Trinajstić information content (AvgIpc) is 3.70. The fraction of sp³-hybridized carbons (Fsp3) is 0.526. The zero-order chi connectivity index (χ0) is 31.3. The van der Waals surface area contributed by atoms with Crippen LogP contribution in [0, 0.1) is 0 Å². The highest BCUT2D eigenvalue weighted by Crippen LogP contribution is 2.61. The van der Waals surface area contributed by atoms with Crippen LogP contribution in [-0.2, 0) is 32.0 Å². The lowest BCUT2D eigenvalue weighted by atomic mass is 10.1. The second-order valence-corrected chi connectivity index (χ2v) is 13.2. The van der Waals surface area contributed by atoms with E-state index in [1.54, 1.807) is 0 Å². The van der Waals surface area contributed by atoms with Crippen LogP contribution in [0.4, 0.5) is 5.82 Å². The Kier molecular flexibility index (Phi) is 8.97. The van der Waals surface area contributed by atoms with Crippen molar-refractivity contribution in [1.82, 2.24) is 24.5 Å². The van der Waals surface area contributed by atoms with Crippen LogP contribution in [0.3, 0.4) is 0 Å². The third kappa shape index (κ3) is 6.62. The maximum Gasteiger partial charge on any atom is 0.481 e. The summed E-state index contributed by atoms with van der Waals surface area (Å²) in [6, 6.07) is 0. The SMILES string of the molecule is NC(=O)c1csc(C2O[C@@H](COP(=O)(O)OP(=O)(O)OC[C@H]3OC(n4cnc5c(N)ncnc54)[C@H](O)[C@@H]3O)[C@H](O)[C@@H]2O)n1. The Labute approximate surface area is 243 Å². The van der Waals surface area contributed by atoms with Gasteiger partial charge in [-0.2, -0.15) is 4.31 Å². The van der Waals surface area contributed by atoms with Gasteiger partial charge in [0, 0.05) is 5.38 Å². The molecule has 0 aliphatic carbocycles. The number of amides is 1. The maximum absolute atomic E-state index is 12.4. The summed E-state index contributed by atoms with van der Waals surface area (Å²) in [6.45, 7) is -1.80. The molecule has 10 N–H and O–H groups in total. The van der Waals surface area contributed by atoms with E-state index in [0.717, 1.165) is 17.7 Å². The molecule has 0 bridgehead atoms. The van der Waals surface area contributed by atoms with E-state index < -0.39 is 83.7 Å². The van der Waals surface area contributed by atoms with E-state index in [2.05, 4.69) is 28.8 Å². The van der Waals surface area contributed by atoms with Gasteiger partial charge in [-0.25, -0.2) is 29.1 Å². The predicted octanol–water partition coefficient (Wildman–Crippen LogP) is -2.30. The van der Waals surface area contributed by atoms with Crippen LogP contribution in [0.15, 0.2) is 18.0 Å². The number of nitrogens with zero attached hydrogens (tertiary/aromatic N) is 5. The topological polar surface area (TPSA) is 327 Å². The van der Waals surface area contributed by atoms with Crippen LogP contribution in [0.1, 0.15) is 27.8 Å². The second kappa shape index (κ2) is 12.1. The Morgan fingerprint density at radius 3 is 2.23 bits per heavy atom. The average molecular weight is 669 g/mol. The van der Waals surface area contributed by atoms with Crippen molar-refractivity contribution in [3.05, 3.63) is 28.7 Å². The van der Waals surface area contributed by atoms with Crippen LogP contribution in [0.2, 0.25) is 0 Å². The van der Waals surface area contributed by atoms with Crippen molar-refractivity contribution in [1.29, 1.82) is 0 Å². The highest BCUT2D eigenvalue weighted by atomic mass is 32.1. The van der Waals surface area contributed by atoms with Crippen molar-refractivity contribution in [3.63, 3.8) is 0 Å². The van der Waals surface area contributed by atoms with Gasteiger partial charge in [0.15, 0.2) is 17.7 Å². The first-order valence-corrected chi connectivity index (χ1v) is 15.9. The van der Waals surface area contributed by atoms with E-state index in [9.17, 15) is 44.1 Å². The number of primary amides is 1. The summed E-state index contributed by atoms with van der Waals surface area (Å²) in [7, 11) is -10.7. The summed E-state index contributed by atoms with van der Waals surface area (Å²) < 4.78 is 50.6. The Bertz CT molecular complexity index is 1590. The molecule has 2 fully saturated rings. The minimum atomic E-state index is -5.37. The highest BCUT2D eigenvalue weighted by molar-refractivity contribution is 7.61. The molecule has 1 amide bonds. The first-order valence-electron chi connectivity index (χ1n) is 12.0. The number of imidazole rings is 1. The number of carbonyl (C=O) groups excluding carboxylic acids is 1. The van der Waals surface area contributed by atoms with Crippen molar-refractivity contribution in [2.75, 3.05) is 18.9 Å². The molecule has 5 heterocycles. The number of ether oxygens (including phenoxy) is 2. The normalized spacial score (nSPS) is 32.1. The lowest BCUT2D eigenvalue weighted by molar-refractivity contribution is -0.0507. The largest absolute Gasteiger partial charge is 0.481 e. The van der Waals surface area contributed by atoms with Crippen LogP contribution in [0.5, 0.6) is 0 Å². The summed E-state index contributed by atoms with van der Waals surface area (Å²) in [5.41, 5.74) is 11.1. The minimum Gasteiger partial charge on any atom is -0.387 e. The zero-order valence-corrected chi connectivity index (χ0v) is 24.0. The number of anilines is 1. The smallest absolute Gasteiger partial charge is 0.387 e. The number of thiazole rings is 1. The number of carbonyl (C=O) groups is 1. The molecule has 0 aromatic carbocycles. The molecule has 0 spiro atoms. The Morgan fingerprint density at radius 1 is 0.977 bits per heavy atom. The van der Waals surface area contributed by atoms with Gasteiger partial charge in [-0.1, -0.05) is 0 Å². The number of aliphatic hydroxyl groups is 4. The van der Waals surface area contributed by atoms with Crippen molar-refractivity contribution in [3.8, 4) is 0 Å². The molecule has 3 aromatic rings. The standard InChI is InChI=1S/C19H25N7O14P2S/c20-15-9-17(23-4-22-15)26(5-24-9)19-13(30)11(28)8(39-19)2-37-42(34,35)40-41(32,33)36-1-7-10(27)12(29)14(38-7)18-25-6(3-43-18)16(21)31/h3-5,7-8,10-14,19,27-30H,1-2H2,(H2,21,31)(H,32,33)(H,34,35)(H2,20,22,23)/t7-,8+,10-,11+,12-,13+,14?,19?/m0/s1. The molecule has 10 atom stereocenters. The van der Waals surface area contributed by atoms with E-state index in [1.165, 1.54) is 16.3 Å². The van der Waals surface area contributed by atoms with Crippen LogP contribution in [-0.4, -0.2) is 110 Å². The number of fused-ring (bicyclic) bond motifs is 1. The van der Waals surface area contributed by atoms with Gasteiger partial charge >= 0.3 is 15.6 Å². The third-order valence-corrected chi connectivity index (χ3v) is 9.90. The Hall–Kier alpha value is -2.53. The van der Waals surface area contributed by atoms with E-state index in [0.29, 0.717) is 0 Å². The predicted molar refractivity (Wildman–Crippen MR) is 139 cm³/mol. The van der Waals surface area contributed by atoms with Crippen molar-refractivity contribution >= 4 is 49.9 Å². The van der Waals surface area contributed by atoms with Crippen LogP contribution in [0.25, 0.3) is 11.2 Å². The van der Waals surface area contributed by atoms with Crippen LogP contribution >= 0.6 is 27.0 Å². The van der Waals surface area contributed by atoms with Gasteiger partial charge in [0.25, 0.3) is 5.91 Å². The molecule has 3 aromatic heterocycles. The third-order valence-electron chi connectivity index (χ3n) is 6.39. The second-order valence-electron chi connectivity index (χ2n) is 9.25. The lowest BCUT2D eigenvalue weighted by Crippen LogP contribution is -2.33. The summed E-state index contributed by atoms with van der Waals surface area (Å²) in [5.74, 6) is -0.782. The summed E-state index contributed by atoms with van der Waals surface area (Å²) >= 11 is 0.908. The van der Waals surface area contributed by atoms with Crippen molar-refractivity contribution < 1.29 is 67.0 Å². The fourth-order valence-electron chi connectivity index (χ4n) is 4.29. The zero-order valence-electron chi connectivity index (χ0n) is 21.4. The van der Waals surface area contributed by atoms with E-state index in [-0.39, 0.29) is 27.7 Å². The maximum atomic E-state index is 12.4. The molecule has 5 rings (SSSR count). The quantitative estimate of drug-likeness (QED) is 0.0994. The summed E-state index contributed by atoms with van der Waals surface area (Å²) in [4.78, 5) is 47.0. The fourth-order valence-corrected chi connectivity index (χ4v) is 7.26. The van der Waals surface area contributed by atoms with E-state index in [4.69, 9.17) is 25.5 Å². The number of phosphoric ester groups is 2. The van der Waals surface area contributed by atoms with E-state index >= 15 is 0 Å². The molecule has 4 unspecified atom stereocenters. The number of aliphatic hydroxyl groups excluding tert-OH is 4. The van der Waals surface area contributed by atoms with Gasteiger partial charge in [0.2, 0.25) is 0 Å². The molecule has 0 saturated carbocycles. The molecule has 2 aliphatic rings. The molecule has 43 heavy (non-hydrogen) atoms. The van der Waals surface area contributed by atoms with E-state index in [1.807, 2.05) is 0 Å². The van der Waals surface area contributed by atoms with Crippen molar-refractivity contribution in [2.24, 2.45) is 5.73 Å². The van der Waals surface area contributed by atoms with Crippen LogP contribution < -0.4 is 11.5 Å². The van der Waals surface area contributed by atoms with Gasteiger partial charge < -0.3 is 51.2 Å². The number of hydrogen-bond donors (Lipinski definition) is 8. The van der Waals surface area contributed by atoms with Gasteiger partial charge in [0.1, 0.15) is 65.3 Å². The summed E-state index contributed by atoms with van der Waals surface area (Å²) in [5, 5.41) is 42.8. The number of rotatable bonds is 11. The molecule has 21 nitrogen and oxygen atoms in total. The number of phosphoric acid groups is 2. The summed E-state index contributed by atoms with van der Waals surface area (Å²) in [6.07, 6.45) is -9.48. The Morgan fingerprint density at radius 2 is 1.60 bits per heavy atom. The number of aromatic nitrogens is 5. The van der Waals surface area contributed by atoms with Gasteiger partial charge in [-0.3, -0.25) is 18.4 Å². The van der Waals surface area contributed by atoms with Gasteiger partial charge in [0.05, 0.1) is 19.5 Å². The molecule has 2 aliphatic heterocycles. The molecule has 0 radical (unpaired) electrons. The number of nitrogen functional groups attached to an aromatic ring is 1. The van der Waals surface area contributed by atoms with Gasteiger partial charge in [-0.05, 0) is 0 Å².